The summed E-state index contributed by atoms with van der Waals surface area (Å²) in [4.78, 5) is 36.9. The number of carbonyl (C=O) groups excluding carboxylic acids is 2. The molecule has 1 fully saturated rings. The third kappa shape index (κ3) is 4.32. The van der Waals surface area contributed by atoms with Crippen LogP contribution in [0, 0.1) is 0 Å². The third-order valence-electron chi connectivity index (χ3n) is 4.06. The average molecular weight is 397 g/mol. The second kappa shape index (κ2) is 8.28. The Morgan fingerprint density at radius 3 is 2.33 bits per heavy atom. The Labute approximate surface area is 165 Å². The topological polar surface area (TPSA) is 74.7 Å². The first kappa shape index (κ1) is 19.0. The van der Waals surface area contributed by atoms with Crippen molar-refractivity contribution in [3.8, 4) is 0 Å². The minimum Gasteiger partial charge on any atom is -0.480 e. The summed E-state index contributed by atoms with van der Waals surface area (Å²) in [6.07, 6.45) is 2.56. The summed E-state index contributed by atoms with van der Waals surface area (Å²) in [7, 11) is 0. The van der Waals surface area contributed by atoms with Crippen molar-refractivity contribution in [2.75, 3.05) is 0 Å². The number of aldehydes is 1. The van der Waals surface area contributed by atoms with Crippen molar-refractivity contribution in [2.45, 2.75) is 12.5 Å². The van der Waals surface area contributed by atoms with Crippen molar-refractivity contribution in [1.29, 1.82) is 0 Å². The molecule has 0 radical (unpaired) electrons. The number of benzene rings is 2. The van der Waals surface area contributed by atoms with Crippen molar-refractivity contribution in [3.63, 3.8) is 0 Å². The van der Waals surface area contributed by atoms with Crippen LogP contribution in [0.25, 0.3) is 6.08 Å². The lowest BCUT2D eigenvalue weighted by molar-refractivity contribution is -0.145. The highest BCUT2D eigenvalue weighted by Crippen LogP contribution is 2.34. The van der Waals surface area contributed by atoms with Gasteiger partial charge in [-0.1, -0.05) is 78.6 Å². The Kier molecular flexibility index (Phi) is 5.83. The van der Waals surface area contributed by atoms with Crippen molar-refractivity contribution < 1.29 is 19.5 Å². The molecule has 0 bridgehead atoms. The van der Waals surface area contributed by atoms with E-state index in [1.54, 1.807) is 30.3 Å². The Morgan fingerprint density at radius 2 is 1.74 bits per heavy atom. The largest absolute Gasteiger partial charge is 0.480 e. The fourth-order valence-corrected chi connectivity index (χ4v) is 4.05. The highest BCUT2D eigenvalue weighted by molar-refractivity contribution is 8.26. The van der Waals surface area contributed by atoms with Crippen LogP contribution in [0.1, 0.15) is 21.5 Å². The SMILES string of the molecule is O=Cc1ccc(C=C2SC(=S)N(C(Cc3ccccc3)C(=O)O)C2=O)cc1. The molecule has 136 valence electrons. The standard InChI is InChI=1S/C20H15NO4S2/c22-12-15-8-6-14(7-9-15)11-17-18(23)21(20(26)27-17)16(19(24)25)10-13-4-2-1-3-5-13/h1-9,11-12,16H,10H2,(H,24,25). The van der Waals surface area contributed by atoms with Gasteiger partial charge in [-0.15, -0.1) is 0 Å². The molecule has 2 aromatic carbocycles. The predicted octanol–water partition coefficient (Wildman–Crippen LogP) is 3.40. The lowest BCUT2D eigenvalue weighted by Crippen LogP contribution is -2.45. The Hall–Kier alpha value is -2.77. The van der Waals surface area contributed by atoms with Crippen LogP contribution < -0.4 is 0 Å². The number of carbonyl (C=O) groups is 3. The van der Waals surface area contributed by atoms with E-state index in [4.69, 9.17) is 12.2 Å². The number of thioether (sulfide) groups is 1. The molecule has 1 aliphatic rings. The number of aliphatic carboxylic acids is 1. The quantitative estimate of drug-likeness (QED) is 0.458. The summed E-state index contributed by atoms with van der Waals surface area (Å²) >= 11 is 6.36. The van der Waals surface area contributed by atoms with Gasteiger partial charge in [0.1, 0.15) is 16.6 Å². The van der Waals surface area contributed by atoms with Gasteiger partial charge >= 0.3 is 5.97 Å². The normalized spacial score (nSPS) is 16.6. The molecule has 2 aromatic rings. The van der Waals surface area contributed by atoms with Crippen LogP contribution in [0.5, 0.6) is 0 Å². The first-order valence-corrected chi connectivity index (χ1v) is 9.31. The lowest BCUT2D eigenvalue weighted by Gasteiger charge is -2.23. The van der Waals surface area contributed by atoms with Crippen LogP contribution in [0.2, 0.25) is 0 Å². The van der Waals surface area contributed by atoms with E-state index in [1.807, 2.05) is 30.3 Å². The fourth-order valence-electron chi connectivity index (χ4n) is 2.70. The second-order valence-corrected chi connectivity index (χ2v) is 7.56. The van der Waals surface area contributed by atoms with Crippen LogP contribution in [-0.2, 0) is 16.0 Å². The maximum atomic E-state index is 12.8. The maximum absolute atomic E-state index is 12.8. The van der Waals surface area contributed by atoms with Crippen LogP contribution in [0.15, 0.2) is 59.5 Å². The molecule has 0 aromatic heterocycles. The number of carboxylic acid groups (broad SMARTS) is 1. The Bertz CT molecular complexity index is 923. The molecule has 0 saturated carbocycles. The molecule has 5 nitrogen and oxygen atoms in total. The molecule has 1 heterocycles. The molecular weight excluding hydrogens is 382 g/mol. The molecule has 7 heteroatoms. The van der Waals surface area contributed by atoms with E-state index in [9.17, 15) is 19.5 Å². The number of amides is 1. The molecular formula is C20H15NO4S2. The molecule has 0 spiro atoms. The van der Waals surface area contributed by atoms with Gasteiger partial charge in [-0.3, -0.25) is 14.5 Å². The van der Waals surface area contributed by atoms with Gasteiger partial charge < -0.3 is 5.11 Å². The van der Waals surface area contributed by atoms with Gasteiger partial charge in [0.2, 0.25) is 0 Å². The molecule has 3 rings (SSSR count). The molecule has 27 heavy (non-hydrogen) atoms. The predicted molar refractivity (Wildman–Crippen MR) is 108 cm³/mol. The highest BCUT2D eigenvalue weighted by Gasteiger charge is 2.40. The van der Waals surface area contributed by atoms with Gasteiger partial charge in [-0.25, -0.2) is 4.79 Å². The lowest BCUT2D eigenvalue weighted by atomic mass is 10.0. The molecule has 1 N–H and O–H groups in total. The van der Waals surface area contributed by atoms with E-state index in [0.717, 1.165) is 29.2 Å². The van der Waals surface area contributed by atoms with E-state index in [1.165, 1.54) is 4.90 Å². The summed E-state index contributed by atoms with van der Waals surface area (Å²) in [5, 5.41) is 9.65. The second-order valence-electron chi connectivity index (χ2n) is 5.88. The van der Waals surface area contributed by atoms with E-state index in [-0.39, 0.29) is 10.7 Å². The smallest absolute Gasteiger partial charge is 0.327 e. The van der Waals surface area contributed by atoms with E-state index in [2.05, 4.69) is 0 Å². The summed E-state index contributed by atoms with van der Waals surface area (Å²) in [6.45, 7) is 0. The van der Waals surface area contributed by atoms with Gasteiger partial charge in [0.05, 0.1) is 4.91 Å². The first-order valence-electron chi connectivity index (χ1n) is 8.08. The monoisotopic (exact) mass is 397 g/mol. The molecule has 1 atom stereocenters. The van der Waals surface area contributed by atoms with E-state index in [0.29, 0.717) is 10.5 Å². The van der Waals surface area contributed by atoms with Crippen LogP contribution in [0.4, 0.5) is 0 Å². The van der Waals surface area contributed by atoms with Gasteiger partial charge in [0.15, 0.2) is 0 Å². The summed E-state index contributed by atoms with van der Waals surface area (Å²) in [5.74, 6) is -1.53. The highest BCUT2D eigenvalue weighted by atomic mass is 32.2. The van der Waals surface area contributed by atoms with Crippen molar-refractivity contribution in [2.24, 2.45) is 0 Å². The fraction of sp³-hybridized carbons (Fsp3) is 0.100. The number of carboxylic acids is 1. The van der Waals surface area contributed by atoms with Crippen LogP contribution >= 0.6 is 24.0 Å². The number of hydrogen-bond donors (Lipinski definition) is 1. The minimum absolute atomic E-state index is 0.171. The number of rotatable bonds is 6. The van der Waals surface area contributed by atoms with Crippen molar-refractivity contribution in [1.82, 2.24) is 4.90 Å². The van der Waals surface area contributed by atoms with Crippen molar-refractivity contribution in [3.05, 3.63) is 76.2 Å². The zero-order valence-electron chi connectivity index (χ0n) is 14.1. The number of thiocarbonyl (C=S) groups is 1. The maximum Gasteiger partial charge on any atom is 0.327 e. The molecule has 0 aliphatic carbocycles. The summed E-state index contributed by atoms with van der Waals surface area (Å²) in [6, 6.07) is 14.8. The van der Waals surface area contributed by atoms with Gasteiger partial charge in [-0.2, -0.15) is 0 Å². The Balaban J connectivity index is 1.85. The van der Waals surface area contributed by atoms with Gasteiger partial charge in [0.25, 0.3) is 5.91 Å². The first-order chi connectivity index (χ1) is 13.0. The van der Waals surface area contributed by atoms with Gasteiger partial charge in [0, 0.05) is 12.0 Å². The number of hydrogen-bond acceptors (Lipinski definition) is 5. The third-order valence-corrected chi connectivity index (χ3v) is 5.39. The average Bonchev–Trinajstić information content (AvgIpc) is 2.94. The zero-order valence-corrected chi connectivity index (χ0v) is 15.7. The molecule has 1 aliphatic heterocycles. The summed E-state index contributed by atoms with van der Waals surface area (Å²) in [5.41, 5.74) is 2.08. The van der Waals surface area contributed by atoms with E-state index >= 15 is 0 Å². The number of nitrogens with zero attached hydrogens (tertiary/aromatic N) is 1. The summed E-state index contributed by atoms with van der Waals surface area (Å²) < 4.78 is 0.221. The Morgan fingerprint density at radius 1 is 1.11 bits per heavy atom. The van der Waals surface area contributed by atoms with Crippen LogP contribution in [0.3, 0.4) is 0 Å². The van der Waals surface area contributed by atoms with Crippen LogP contribution in [-0.4, -0.2) is 38.5 Å². The van der Waals surface area contributed by atoms with Crippen molar-refractivity contribution >= 4 is 52.5 Å². The van der Waals surface area contributed by atoms with E-state index < -0.39 is 17.9 Å². The minimum atomic E-state index is -1.10. The molecule has 1 unspecified atom stereocenters. The van der Waals surface area contributed by atoms with Gasteiger partial charge in [-0.05, 0) is 17.2 Å². The molecule has 1 saturated heterocycles. The molecule has 1 amide bonds. The zero-order chi connectivity index (χ0) is 19.4.